The van der Waals surface area contributed by atoms with Gasteiger partial charge in [0, 0.05) is 12.1 Å². The summed E-state index contributed by atoms with van der Waals surface area (Å²) in [5, 5.41) is 15.0. The molecule has 0 saturated heterocycles. The number of benzene rings is 1. The highest BCUT2D eigenvalue weighted by atomic mass is 15.3. The van der Waals surface area contributed by atoms with Crippen molar-refractivity contribution in [3.63, 3.8) is 0 Å². The number of aromatic nitrogens is 4. The molecule has 70 valence electrons. The fourth-order valence-electron chi connectivity index (χ4n) is 1.11. The molecule has 0 aliphatic carbocycles. The lowest BCUT2D eigenvalue weighted by molar-refractivity contribution is 0.864. The molecule has 2 rings (SSSR count). The van der Waals surface area contributed by atoms with Crippen molar-refractivity contribution < 1.29 is 0 Å². The van der Waals surface area contributed by atoms with Crippen molar-refractivity contribution in [1.82, 2.24) is 20.4 Å². The minimum atomic E-state index is 0.524. The fraction of sp³-hybridized carbons (Fsp3) is 0.111. The van der Waals surface area contributed by atoms with Crippen LogP contribution in [0.3, 0.4) is 0 Å². The van der Waals surface area contributed by atoms with E-state index in [-0.39, 0.29) is 0 Å². The Balaban J connectivity index is 2.34. The van der Waals surface area contributed by atoms with Crippen LogP contribution >= 0.6 is 0 Å². The largest absolute Gasteiger partial charge is 0.326 e. The summed E-state index contributed by atoms with van der Waals surface area (Å²) in [6, 6.07) is 7.68. The van der Waals surface area contributed by atoms with Gasteiger partial charge in [0.1, 0.15) is 0 Å². The summed E-state index contributed by atoms with van der Waals surface area (Å²) >= 11 is 0. The first-order chi connectivity index (χ1) is 6.90. The Labute approximate surface area is 81.0 Å². The molecule has 0 bridgehead atoms. The van der Waals surface area contributed by atoms with Gasteiger partial charge in [-0.25, -0.2) is 0 Å². The van der Waals surface area contributed by atoms with Gasteiger partial charge in [-0.1, -0.05) is 24.3 Å². The molecule has 0 saturated carbocycles. The molecular weight excluding hydrogens is 178 g/mol. The maximum atomic E-state index is 5.48. The van der Waals surface area contributed by atoms with E-state index in [9.17, 15) is 0 Å². The van der Waals surface area contributed by atoms with Crippen molar-refractivity contribution in [3.8, 4) is 11.4 Å². The standard InChI is InChI=1S/C9H9N5/c10-5-7-1-3-8(4-2-7)9-13-11-6-12-14-9/h1-4,6H,5,10H2. The third-order valence-electron chi connectivity index (χ3n) is 1.86. The van der Waals surface area contributed by atoms with Gasteiger partial charge in [0.2, 0.25) is 5.82 Å². The molecule has 0 aliphatic rings. The van der Waals surface area contributed by atoms with Crippen LogP contribution in [0.25, 0.3) is 11.4 Å². The van der Waals surface area contributed by atoms with Crippen molar-refractivity contribution in [2.75, 3.05) is 0 Å². The van der Waals surface area contributed by atoms with Gasteiger partial charge in [-0.15, -0.1) is 20.4 Å². The average molecular weight is 187 g/mol. The van der Waals surface area contributed by atoms with E-state index in [0.29, 0.717) is 12.4 Å². The van der Waals surface area contributed by atoms with E-state index >= 15 is 0 Å². The number of hydrogen-bond donors (Lipinski definition) is 1. The summed E-state index contributed by atoms with van der Waals surface area (Å²) in [5.74, 6) is 0.524. The Bertz CT molecular complexity index is 397. The molecule has 2 N–H and O–H groups in total. The molecule has 0 radical (unpaired) electrons. The second-order valence-corrected chi connectivity index (χ2v) is 2.77. The molecule has 1 aromatic heterocycles. The van der Waals surface area contributed by atoms with Crippen LogP contribution in [0.5, 0.6) is 0 Å². The minimum absolute atomic E-state index is 0.524. The number of nitrogens with two attached hydrogens (primary N) is 1. The normalized spacial score (nSPS) is 10.1. The molecule has 5 heteroatoms. The molecule has 1 aromatic carbocycles. The van der Waals surface area contributed by atoms with E-state index in [2.05, 4.69) is 20.4 Å². The van der Waals surface area contributed by atoms with E-state index in [0.717, 1.165) is 11.1 Å². The summed E-state index contributed by atoms with van der Waals surface area (Å²) in [6.07, 6.45) is 1.30. The van der Waals surface area contributed by atoms with Crippen LogP contribution in [-0.2, 0) is 6.54 Å². The Morgan fingerprint density at radius 3 is 2.21 bits per heavy atom. The number of nitrogens with zero attached hydrogens (tertiary/aromatic N) is 4. The van der Waals surface area contributed by atoms with Crippen LogP contribution in [0.4, 0.5) is 0 Å². The molecular formula is C9H9N5. The molecule has 0 fully saturated rings. The van der Waals surface area contributed by atoms with Gasteiger partial charge in [0.15, 0.2) is 6.33 Å². The second kappa shape index (κ2) is 3.89. The smallest absolute Gasteiger partial charge is 0.203 e. The van der Waals surface area contributed by atoms with E-state index in [1.165, 1.54) is 6.33 Å². The highest BCUT2D eigenvalue weighted by Gasteiger charge is 2.00. The molecule has 2 aromatic rings. The van der Waals surface area contributed by atoms with Crippen LogP contribution in [0.2, 0.25) is 0 Å². The summed E-state index contributed by atoms with van der Waals surface area (Å²) in [7, 11) is 0. The SMILES string of the molecule is NCc1ccc(-c2nncnn2)cc1. The quantitative estimate of drug-likeness (QED) is 0.735. The first-order valence-corrected chi connectivity index (χ1v) is 4.20. The Kier molecular flexibility index (Phi) is 2.42. The zero-order chi connectivity index (χ0) is 9.80. The van der Waals surface area contributed by atoms with Crippen molar-refractivity contribution >= 4 is 0 Å². The Morgan fingerprint density at radius 2 is 1.64 bits per heavy atom. The molecule has 0 amide bonds. The first-order valence-electron chi connectivity index (χ1n) is 4.20. The van der Waals surface area contributed by atoms with Crippen LogP contribution in [0.15, 0.2) is 30.6 Å². The van der Waals surface area contributed by atoms with Gasteiger partial charge < -0.3 is 5.73 Å². The molecule has 0 atom stereocenters. The first kappa shape index (κ1) is 8.71. The summed E-state index contributed by atoms with van der Waals surface area (Å²) in [4.78, 5) is 0. The van der Waals surface area contributed by atoms with Gasteiger partial charge in [-0.3, -0.25) is 0 Å². The topological polar surface area (TPSA) is 77.6 Å². The predicted molar refractivity (Wildman–Crippen MR) is 50.9 cm³/mol. The van der Waals surface area contributed by atoms with Crippen LogP contribution in [-0.4, -0.2) is 20.4 Å². The monoisotopic (exact) mass is 187 g/mol. The third-order valence-corrected chi connectivity index (χ3v) is 1.86. The third kappa shape index (κ3) is 1.72. The van der Waals surface area contributed by atoms with E-state index < -0.39 is 0 Å². The van der Waals surface area contributed by atoms with Gasteiger partial charge in [0.05, 0.1) is 0 Å². The average Bonchev–Trinajstić information content (AvgIpc) is 2.30. The van der Waals surface area contributed by atoms with Gasteiger partial charge in [0.25, 0.3) is 0 Å². The molecule has 1 heterocycles. The highest BCUT2D eigenvalue weighted by molar-refractivity contribution is 5.53. The lowest BCUT2D eigenvalue weighted by Crippen LogP contribution is -1.97. The zero-order valence-electron chi connectivity index (χ0n) is 7.46. The molecule has 0 unspecified atom stereocenters. The van der Waals surface area contributed by atoms with Crippen LogP contribution in [0, 0.1) is 0 Å². The van der Waals surface area contributed by atoms with Crippen LogP contribution < -0.4 is 5.73 Å². The number of rotatable bonds is 2. The Hall–Kier alpha value is -1.88. The maximum Gasteiger partial charge on any atom is 0.203 e. The second-order valence-electron chi connectivity index (χ2n) is 2.77. The number of hydrogen-bond acceptors (Lipinski definition) is 5. The lowest BCUT2D eigenvalue weighted by atomic mass is 10.1. The van der Waals surface area contributed by atoms with Crippen molar-refractivity contribution in [2.24, 2.45) is 5.73 Å². The molecule has 0 aliphatic heterocycles. The summed E-state index contributed by atoms with van der Waals surface area (Å²) < 4.78 is 0. The van der Waals surface area contributed by atoms with Crippen molar-refractivity contribution in [3.05, 3.63) is 36.2 Å². The van der Waals surface area contributed by atoms with Gasteiger partial charge in [-0.2, -0.15) is 0 Å². The molecule has 5 nitrogen and oxygen atoms in total. The van der Waals surface area contributed by atoms with E-state index in [4.69, 9.17) is 5.73 Å². The van der Waals surface area contributed by atoms with E-state index in [1.807, 2.05) is 24.3 Å². The summed E-state index contributed by atoms with van der Waals surface area (Å²) in [5.41, 5.74) is 7.45. The van der Waals surface area contributed by atoms with Crippen molar-refractivity contribution in [2.45, 2.75) is 6.54 Å². The minimum Gasteiger partial charge on any atom is -0.326 e. The zero-order valence-corrected chi connectivity index (χ0v) is 7.46. The van der Waals surface area contributed by atoms with Gasteiger partial charge in [-0.05, 0) is 5.56 Å². The summed E-state index contributed by atoms with van der Waals surface area (Å²) in [6.45, 7) is 0.534. The highest BCUT2D eigenvalue weighted by Crippen LogP contribution is 2.12. The van der Waals surface area contributed by atoms with Crippen molar-refractivity contribution in [1.29, 1.82) is 0 Å². The lowest BCUT2D eigenvalue weighted by Gasteiger charge is -1.98. The predicted octanol–water partition coefficient (Wildman–Crippen LogP) is 0.392. The van der Waals surface area contributed by atoms with Crippen LogP contribution in [0.1, 0.15) is 5.56 Å². The fourth-order valence-corrected chi connectivity index (χ4v) is 1.11. The maximum absolute atomic E-state index is 5.48. The molecule has 0 spiro atoms. The Morgan fingerprint density at radius 1 is 1.00 bits per heavy atom. The van der Waals surface area contributed by atoms with Gasteiger partial charge >= 0.3 is 0 Å². The van der Waals surface area contributed by atoms with E-state index in [1.54, 1.807) is 0 Å². The molecule has 14 heavy (non-hydrogen) atoms.